The molecule has 6 aromatic rings. The lowest BCUT2D eigenvalue weighted by atomic mass is 10.00. The fourth-order valence-corrected chi connectivity index (χ4v) is 4.41. The van der Waals surface area contributed by atoms with Gasteiger partial charge in [-0.2, -0.15) is 0 Å². The number of hydrogen-bond acceptors (Lipinski definition) is 6. The van der Waals surface area contributed by atoms with Crippen molar-refractivity contribution in [2.75, 3.05) is 19.0 Å². The van der Waals surface area contributed by atoms with Gasteiger partial charge in [0.2, 0.25) is 0 Å². The number of nitrogens with zero attached hydrogens (tertiary/aromatic N) is 2. The zero-order valence-corrected chi connectivity index (χ0v) is 20.3. The maximum Gasteiger partial charge on any atom is 0.345 e. The maximum absolute atomic E-state index is 13.0. The lowest BCUT2D eigenvalue weighted by Crippen LogP contribution is -2.08. The van der Waals surface area contributed by atoms with Crippen molar-refractivity contribution in [2.24, 2.45) is 0 Å². The summed E-state index contributed by atoms with van der Waals surface area (Å²) in [5.41, 5.74) is 4.26. The van der Waals surface area contributed by atoms with Crippen molar-refractivity contribution in [3.63, 3.8) is 0 Å². The Morgan fingerprint density at radius 3 is 1.57 bits per heavy atom. The van der Waals surface area contributed by atoms with Gasteiger partial charge < -0.3 is 13.7 Å². The minimum Gasteiger partial charge on any atom is -0.422 e. The van der Waals surface area contributed by atoms with E-state index in [0.29, 0.717) is 33.7 Å². The van der Waals surface area contributed by atoms with E-state index >= 15 is 0 Å². The number of fused-ring (bicyclic) bond motifs is 2. The van der Waals surface area contributed by atoms with Gasteiger partial charge in [-0.15, -0.1) is 0 Å². The Morgan fingerprint density at radius 1 is 0.595 bits per heavy atom. The molecular weight excluding hydrogens is 464 g/mol. The first-order valence-corrected chi connectivity index (χ1v) is 11.8. The summed E-state index contributed by atoms with van der Waals surface area (Å²) in [7, 11) is 3.96. The Balaban J connectivity index is 1.60. The van der Waals surface area contributed by atoms with Crippen molar-refractivity contribution < 1.29 is 8.83 Å². The minimum absolute atomic E-state index is 0.317. The van der Waals surface area contributed by atoms with E-state index in [2.05, 4.69) is 0 Å². The van der Waals surface area contributed by atoms with Crippen LogP contribution >= 0.6 is 0 Å². The van der Waals surface area contributed by atoms with E-state index < -0.39 is 11.3 Å². The van der Waals surface area contributed by atoms with E-state index in [1.165, 1.54) is 0 Å². The number of hydrogen-bond donors (Lipinski definition) is 0. The van der Waals surface area contributed by atoms with Crippen LogP contribution in [0.5, 0.6) is 0 Å². The average molecular weight is 487 g/mol. The SMILES string of the molecule is CN(C)c1ccc(-c2cc(-c3cc4ccccc4oc3=O)nc(-c3cc4ccccc4oc3=O)c2)cc1. The molecule has 0 radical (unpaired) electrons. The van der Waals surface area contributed by atoms with Gasteiger partial charge in [-0.3, -0.25) is 0 Å². The monoisotopic (exact) mass is 486 g/mol. The Labute approximate surface area is 212 Å². The normalized spacial score (nSPS) is 11.2. The van der Waals surface area contributed by atoms with Gasteiger partial charge in [-0.1, -0.05) is 48.5 Å². The van der Waals surface area contributed by atoms with Crippen LogP contribution in [0.1, 0.15) is 0 Å². The summed E-state index contributed by atoms with van der Waals surface area (Å²) in [5, 5.41) is 1.57. The Hall–Kier alpha value is -4.97. The quantitative estimate of drug-likeness (QED) is 0.270. The predicted octanol–water partition coefficient (Wildman–Crippen LogP) is 6.36. The summed E-state index contributed by atoms with van der Waals surface area (Å²) >= 11 is 0. The van der Waals surface area contributed by atoms with E-state index in [9.17, 15) is 9.59 Å². The molecule has 0 bridgehead atoms. The highest BCUT2D eigenvalue weighted by molar-refractivity contribution is 5.85. The van der Waals surface area contributed by atoms with Gasteiger partial charge in [0, 0.05) is 30.6 Å². The van der Waals surface area contributed by atoms with Gasteiger partial charge in [-0.25, -0.2) is 14.6 Å². The van der Waals surface area contributed by atoms with Crippen LogP contribution in [0.4, 0.5) is 5.69 Å². The molecule has 180 valence electrons. The van der Waals surface area contributed by atoms with E-state index in [1.807, 2.05) is 91.8 Å². The first-order chi connectivity index (χ1) is 18.0. The molecule has 0 saturated heterocycles. The summed E-state index contributed by atoms with van der Waals surface area (Å²) < 4.78 is 11.2. The second-order valence-corrected chi connectivity index (χ2v) is 9.04. The van der Waals surface area contributed by atoms with Crippen LogP contribution < -0.4 is 16.2 Å². The number of pyridine rings is 1. The van der Waals surface area contributed by atoms with E-state index in [1.54, 1.807) is 24.3 Å². The number of para-hydroxylation sites is 2. The van der Waals surface area contributed by atoms with Gasteiger partial charge in [0.05, 0.1) is 22.5 Å². The van der Waals surface area contributed by atoms with Crippen LogP contribution in [-0.4, -0.2) is 19.1 Å². The topological polar surface area (TPSA) is 76.6 Å². The summed E-state index contributed by atoms with van der Waals surface area (Å²) in [5.74, 6) is 0. The third-order valence-corrected chi connectivity index (χ3v) is 6.38. The molecule has 6 nitrogen and oxygen atoms in total. The van der Waals surface area contributed by atoms with Crippen LogP contribution in [0.2, 0.25) is 0 Å². The Bertz CT molecular complexity index is 1790. The van der Waals surface area contributed by atoms with Gasteiger partial charge >= 0.3 is 11.3 Å². The van der Waals surface area contributed by atoms with Crippen molar-refractivity contribution in [3.8, 4) is 33.6 Å². The van der Waals surface area contributed by atoms with Crippen molar-refractivity contribution in [1.82, 2.24) is 4.98 Å². The molecule has 0 spiro atoms. The molecule has 0 amide bonds. The van der Waals surface area contributed by atoms with E-state index in [0.717, 1.165) is 27.6 Å². The lowest BCUT2D eigenvalue weighted by molar-refractivity contribution is 0.563. The molecule has 0 aliphatic rings. The van der Waals surface area contributed by atoms with Gasteiger partial charge in [0.25, 0.3) is 0 Å². The molecule has 3 aromatic heterocycles. The molecule has 3 aromatic carbocycles. The highest BCUT2D eigenvalue weighted by Crippen LogP contribution is 2.31. The largest absolute Gasteiger partial charge is 0.422 e. The van der Waals surface area contributed by atoms with Crippen LogP contribution in [0.25, 0.3) is 55.6 Å². The number of aromatic nitrogens is 1. The molecule has 0 aliphatic carbocycles. The zero-order chi connectivity index (χ0) is 25.5. The maximum atomic E-state index is 13.0. The van der Waals surface area contributed by atoms with Crippen LogP contribution in [-0.2, 0) is 0 Å². The highest BCUT2D eigenvalue weighted by atomic mass is 16.4. The molecule has 0 atom stereocenters. The summed E-state index contributed by atoms with van der Waals surface area (Å²) in [6.07, 6.45) is 0. The number of rotatable bonds is 4. The van der Waals surface area contributed by atoms with Crippen molar-refractivity contribution >= 4 is 27.6 Å². The minimum atomic E-state index is -0.497. The predicted molar refractivity (Wildman–Crippen MR) is 147 cm³/mol. The first kappa shape index (κ1) is 22.5. The van der Waals surface area contributed by atoms with E-state index in [-0.39, 0.29) is 0 Å². The molecule has 0 saturated carbocycles. The third-order valence-electron chi connectivity index (χ3n) is 6.38. The average Bonchev–Trinajstić information content (AvgIpc) is 2.92. The smallest absolute Gasteiger partial charge is 0.345 e. The number of anilines is 1. The number of benzene rings is 3. The molecule has 0 aliphatic heterocycles. The fourth-order valence-electron chi connectivity index (χ4n) is 4.41. The third kappa shape index (κ3) is 4.19. The van der Waals surface area contributed by atoms with Crippen LogP contribution in [0.3, 0.4) is 0 Å². The Kier molecular flexibility index (Phi) is 5.42. The molecule has 0 fully saturated rings. The molecule has 37 heavy (non-hydrogen) atoms. The van der Waals surface area contributed by atoms with Crippen LogP contribution in [0.15, 0.2) is 115 Å². The Morgan fingerprint density at radius 2 is 1.08 bits per heavy atom. The molecule has 0 N–H and O–H groups in total. The van der Waals surface area contributed by atoms with Crippen molar-refractivity contribution in [3.05, 3.63) is 118 Å². The summed E-state index contributed by atoms with van der Waals surface area (Å²) in [6.45, 7) is 0. The summed E-state index contributed by atoms with van der Waals surface area (Å²) in [4.78, 5) is 32.8. The molecule has 6 heteroatoms. The standard InChI is InChI=1S/C31H22N2O4/c1-33(2)23-13-11-19(12-14-23)22-17-26(24-15-20-7-3-5-9-28(20)36-30(24)34)32-27(18-22)25-16-21-8-4-6-10-29(21)37-31(25)35/h3-18H,1-2H3. The van der Waals surface area contributed by atoms with Crippen LogP contribution in [0, 0.1) is 0 Å². The molecule has 3 heterocycles. The highest BCUT2D eigenvalue weighted by Gasteiger charge is 2.16. The van der Waals surface area contributed by atoms with Gasteiger partial charge in [0.15, 0.2) is 0 Å². The van der Waals surface area contributed by atoms with Gasteiger partial charge in [-0.05, 0) is 59.7 Å². The fraction of sp³-hybridized carbons (Fsp3) is 0.0645. The first-order valence-electron chi connectivity index (χ1n) is 11.8. The molecular formula is C31H22N2O4. The van der Waals surface area contributed by atoms with Crippen molar-refractivity contribution in [1.29, 1.82) is 0 Å². The lowest BCUT2D eigenvalue weighted by Gasteiger charge is -2.14. The van der Waals surface area contributed by atoms with Crippen molar-refractivity contribution in [2.45, 2.75) is 0 Å². The molecule has 6 rings (SSSR count). The second-order valence-electron chi connectivity index (χ2n) is 9.04. The zero-order valence-electron chi connectivity index (χ0n) is 20.3. The summed E-state index contributed by atoms with van der Waals surface area (Å²) in [6, 6.07) is 29.9. The second kappa shape index (κ2) is 8.91. The van der Waals surface area contributed by atoms with E-state index in [4.69, 9.17) is 13.8 Å². The van der Waals surface area contributed by atoms with Gasteiger partial charge in [0.1, 0.15) is 11.2 Å². The molecule has 0 unspecified atom stereocenters.